The number of rotatable bonds is 5. The van der Waals surface area contributed by atoms with Crippen LogP contribution in [0.2, 0.25) is 0 Å². The van der Waals surface area contributed by atoms with Gasteiger partial charge in [0.1, 0.15) is 12.4 Å². The van der Waals surface area contributed by atoms with E-state index >= 15 is 0 Å². The minimum Gasteiger partial charge on any atom is -0.469 e. The van der Waals surface area contributed by atoms with Crippen molar-refractivity contribution in [2.24, 2.45) is 0 Å². The summed E-state index contributed by atoms with van der Waals surface area (Å²) in [6.45, 7) is 0.275. The Hall–Kier alpha value is -2.74. The third-order valence-corrected chi connectivity index (χ3v) is 3.71. The summed E-state index contributed by atoms with van der Waals surface area (Å²) >= 11 is 3.09. The van der Waals surface area contributed by atoms with Crippen molar-refractivity contribution in [3.8, 4) is 5.88 Å². The number of hydrogen-bond donors (Lipinski definition) is 2. The van der Waals surface area contributed by atoms with Gasteiger partial charge in [0.05, 0.1) is 4.47 Å². The first-order chi connectivity index (χ1) is 11.6. The van der Waals surface area contributed by atoms with E-state index in [0.717, 1.165) is 5.56 Å². The number of nitrogens with zero attached hydrogens (tertiary/aromatic N) is 2. The normalized spacial score (nSPS) is 10.4. The minimum absolute atomic E-state index is 0.0715. The smallest absolute Gasteiger partial charge is 0.287 e. The lowest BCUT2D eigenvalue weighted by molar-refractivity contribution is 0.249. The lowest BCUT2D eigenvalue weighted by Gasteiger charge is -2.08. The molecule has 0 aliphatic rings. The van der Waals surface area contributed by atoms with E-state index in [9.17, 15) is 4.39 Å². The van der Waals surface area contributed by atoms with E-state index in [2.05, 4.69) is 36.2 Å². The van der Waals surface area contributed by atoms with Crippen LogP contribution in [-0.2, 0) is 6.61 Å². The number of benzene rings is 2. The summed E-state index contributed by atoms with van der Waals surface area (Å²) in [7, 11) is 0. The first kappa shape index (κ1) is 16.1. The molecule has 2 N–H and O–H groups in total. The van der Waals surface area contributed by atoms with Crippen LogP contribution in [0, 0.1) is 11.2 Å². The quantitative estimate of drug-likeness (QED) is 0.508. The highest BCUT2D eigenvalue weighted by Crippen LogP contribution is 2.22. The van der Waals surface area contributed by atoms with Crippen LogP contribution in [-0.4, -0.2) is 16.1 Å². The average Bonchev–Trinajstić information content (AvgIpc) is 3.06. The standard InChI is InChI=1S/C16H12BrFN4O2/c17-12-8-11(6-7-13(12)18)20-15(19)14-16(22-24-21-14)23-9-10-4-2-1-3-5-10/h1-8H,9H2,(H2,19,20). The maximum Gasteiger partial charge on any atom is 0.287 e. The van der Waals surface area contributed by atoms with E-state index in [4.69, 9.17) is 10.1 Å². The molecule has 0 fully saturated rings. The molecular formula is C16H12BrFN4O2. The van der Waals surface area contributed by atoms with Crippen LogP contribution in [0.4, 0.5) is 10.1 Å². The molecule has 0 saturated heterocycles. The Morgan fingerprint density at radius 2 is 2.00 bits per heavy atom. The van der Waals surface area contributed by atoms with Crippen molar-refractivity contribution >= 4 is 27.5 Å². The Labute approximate surface area is 145 Å². The largest absolute Gasteiger partial charge is 0.469 e. The summed E-state index contributed by atoms with van der Waals surface area (Å²) in [6, 6.07) is 13.8. The Balaban J connectivity index is 1.69. The topological polar surface area (TPSA) is 84.0 Å². The van der Waals surface area contributed by atoms with E-state index in [1.807, 2.05) is 30.3 Å². The molecule has 0 bridgehead atoms. The summed E-state index contributed by atoms with van der Waals surface area (Å²) < 4.78 is 23.7. The molecule has 0 aliphatic carbocycles. The Morgan fingerprint density at radius 1 is 1.21 bits per heavy atom. The zero-order chi connectivity index (χ0) is 16.9. The molecule has 24 heavy (non-hydrogen) atoms. The summed E-state index contributed by atoms with van der Waals surface area (Å²) in [5.41, 5.74) is 1.60. The molecule has 0 aliphatic heterocycles. The first-order valence-corrected chi connectivity index (χ1v) is 7.73. The first-order valence-electron chi connectivity index (χ1n) is 6.94. The van der Waals surface area contributed by atoms with Crippen molar-refractivity contribution in [2.45, 2.75) is 6.61 Å². The lowest BCUT2D eigenvalue weighted by atomic mass is 10.2. The van der Waals surface area contributed by atoms with E-state index in [-0.39, 0.29) is 29.8 Å². The van der Waals surface area contributed by atoms with Gasteiger partial charge in [-0.25, -0.2) is 9.02 Å². The van der Waals surface area contributed by atoms with Crippen molar-refractivity contribution in [3.63, 3.8) is 0 Å². The molecule has 1 heterocycles. The lowest BCUT2D eigenvalue weighted by Crippen LogP contribution is -2.14. The monoisotopic (exact) mass is 390 g/mol. The predicted octanol–water partition coefficient (Wildman–Crippen LogP) is 3.99. The SMILES string of the molecule is N=C(Nc1ccc(F)c(Br)c1)c1nonc1OCc1ccccc1. The van der Waals surface area contributed by atoms with Gasteiger partial charge in [0.15, 0.2) is 5.84 Å². The van der Waals surface area contributed by atoms with Crippen LogP contribution in [0.3, 0.4) is 0 Å². The molecule has 0 radical (unpaired) electrons. The Bertz CT molecular complexity index is 854. The molecule has 0 spiro atoms. The fourth-order valence-corrected chi connectivity index (χ4v) is 2.31. The average molecular weight is 391 g/mol. The van der Waals surface area contributed by atoms with E-state index in [0.29, 0.717) is 10.2 Å². The van der Waals surface area contributed by atoms with Crippen molar-refractivity contribution < 1.29 is 13.8 Å². The van der Waals surface area contributed by atoms with Crippen molar-refractivity contribution in [3.05, 3.63) is 70.1 Å². The third-order valence-electron chi connectivity index (χ3n) is 3.10. The van der Waals surface area contributed by atoms with Crippen molar-refractivity contribution in [2.75, 3.05) is 5.32 Å². The van der Waals surface area contributed by atoms with Crippen molar-refractivity contribution in [1.82, 2.24) is 10.3 Å². The minimum atomic E-state index is -0.387. The molecule has 6 nitrogen and oxygen atoms in total. The summed E-state index contributed by atoms with van der Waals surface area (Å²) in [4.78, 5) is 0. The van der Waals surface area contributed by atoms with Gasteiger partial charge in [0.2, 0.25) is 5.69 Å². The summed E-state index contributed by atoms with van der Waals surface area (Å²) in [6.07, 6.45) is 0. The Morgan fingerprint density at radius 3 is 2.75 bits per heavy atom. The van der Waals surface area contributed by atoms with E-state index < -0.39 is 0 Å². The maximum absolute atomic E-state index is 13.2. The zero-order valence-corrected chi connectivity index (χ0v) is 13.9. The molecule has 0 amide bonds. The van der Waals surface area contributed by atoms with Crippen molar-refractivity contribution in [1.29, 1.82) is 5.41 Å². The number of nitrogens with one attached hydrogen (secondary N) is 2. The molecule has 3 aromatic rings. The van der Waals surface area contributed by atoms with Gasteiger partial charge in [0, 0.05) is 5.69 Å². The molecule has 0 saturated carbocycles. The van der Waals surface area contributed by atoms with Crippen LogP contribution in [0.25, 0.3) is 0 Å². The molecule has 3 rings (SSSR count). The van der Waals surface area contributed by atoms with Crippen LogP contribution < -0.4 is 10.1 Å². The van der Waals surface area contributed by atoms with Gasteiger partial charge in [-0.05, 0) is 50.0 Å². The highest BCUT2D eigenvalue weighted by atomic mass is 79.9. The fourth-order valence-electron chi connectivity index (χ4n) is 1.93. The molecule has 0 unspecified atom stereocenters. The van der Waals surface area contributed by atoms with Gasteiger partial charge >= 0.3 is 0 Å². The fraction of sp³-hybridized carbons (Fsp3) is 0.0625. The number of amidine groups is 1. The molecule has 122 valence electrons. The van der Waals surface area contributed by atoms with Gasteiger partial charge in [-0.2, -0.15) is 0 Å². The molecule has 8 heteroatoms. The second-order valence-corrected chi connectivity index (χ2v) is 5.68. The Kier molecular flexibility index (Phi) is 4.85. The number of aromatic nitrogens is 2. The highest BCUT2D eigenvalue weighted by Gasteiger charge is 2.17. The molecule has 1 aromatic heterocycles. The highest BCUT2D eigenvalue weighted by molar-refractivity contribution is 9.10. The number of halogens is 2. The van der Waals surface area contributed by atoms with Crippen LogP contribution in [0.15, 0.2) is 57.6 Å². The predicted molar refractivity (Wildman–Crippen MR) is 89.6 cm³/mol. The van der Waals surface area contributed by atoms with E-state index in [1.165, 1.54) is 18.2 Å². The second kappa shape index (κ2) is 7.22. The molecule has 0 atom stereocenters. The van der Waals surface area contributed by atoms with Crippen LogP contribution in [0.1, 0.15) is 11.3 Å². The molecule has 2 aromatic carbocycles. The third kappa shape index (κ3) is 3.77. The van der Waals surface area contributed by atoms with E-state index in [1.54, 1.807) is 0 Å². The number of anilines is 1. The molecular weight excluding hydrogens is 379 g/mol. The van der Waals surface area contributed by atoms with Gasteiger partial charge in [0.25, 0.3) is 5.88 Å². The van der Waals surface area contributed by atoms with Gasteiger partial charge in [-0.15, -0.1) is 0 Å². The maximum atomic E-state index is 13.2. The van der Waals surface area contributed by atoms with Gasteiger partial charge in [-0.3, -0.25) is 5.41 Å². The number of hydrogen-bond acceptors (Lipinski definition) is 5. The zero-order valence-electron chi connectivity index (χ0n) is 12.3. The van der Waals surface area contributed by atoms with Crippen LogP contribution in [0.5, 0.6) is 5.88 Å². The van der Waals surface area contributed by atoms with Gasteiger partial charge in [-0.1, -0.05) is 30.3 Å². The van der Waals surface area contributed by atoms with Gasteiger partial charge < -0.3 is 10.1 Å². The summed E-state index contributed by atoms with van der Waals surface area (Å²) in [5, 5.41) is 18.2. The van der Waals surface area contributed by atoms with Crippen LogP contribution >= 0.6 is 15.9 Å². The number of ether oxygens (including phenoxy) is 1. The summed E-state index contributed by atoms with van der Waals surface area (Å²) in [5.74, 6) is -0.350. The second-order valence-electron chi connectivity index (χ2n) is 4.82.